The van der Waals surface area contributed by atoms with E-state index < -0.39 is 0 Å². The van der Waals surface area contributed by atoms with Gasteiger partial charge >= 0.3 is 0 Å². The number of benzene rings is 2. The van der Waals surface area contributed by atoms with Crippen LogP contribution in [0.1, 0.15) is 12.0 Å². The molecule has 120 valence electrons. The summed E-state index contributed by atoms with van der Waals surface area (Å²) in [5, 5.41) is 12.0. The largest absolute Gasteiger partial charge is 0.273 e. The molecule has 1 aromatic heterocycles. The minimum absolute atomic E-state index is 0.168. The van der Waals surface area contributed by atoms with E-state index in [0.29, 0.717) is 6.54 Å². The van der Waals surface area contributed by atoms with Gasteiger partial charge in [-0.15, -0.1) is 5.10 Å². The maximum Gasteiger partial charge on any atom is 0.241 e. The topological polar surface area (TPSA) is 72.2 Å². The number of nitrogens with one attached hydrogen (secondary N) is 1. The maximum absolute atomic E-state index is 11.8. The predicted molar refractivity (Wildman–Crippen MR) is 94.3 cm³/mol. The monoisotopic (exact) mass is 319 g/mol. The van der Waals surface area contributed by atoms with Gasteiger partial charge in [0.05, 0.1) is 12.1 Å². The van der Waals surface area contributed by atoms with E-state index in [9.17, 15) is 4.79 Å². The van der Waals surface area contributed by atoms with Crippen molar-refractivity contribution >= 4 is 29.2 Å². The van der Waals surface area contributed by atoms with Gasteiger partial charge in [0.25, 0.3) is 0 Å². The Morgan fingerprint density at radius 3 is 2.79 bits per heavy atom. The second-order valence-corrected chi connectivity index (χ2v) is 5.13. The lowest BCUT2D eigenvalue weighted by molar-refractivity contribution is -0.121. The fraction of sp³-hybridized carbons (Fsp3) is 0.111. The Morgan fingerprint density at radius 2 is 1.92 bits per heavy atom. The van der Waals surface area contributed by atoms with Gasteiger partial charge in [-0.3, -0.25) is 4.79 Å². The van der Waals surface area contributed by atoms with E-state index in [-0.39, 0.29) is 12.3 Å². The lowest BCUT2D eigenvalue weighted by Crippen LogP contribution is -2.19. The van der Waals surface area contributed by atoms with Crippen LogP contribution < -0.4 is 5.43 Å². The first-order chi connectivity index (χ1) is 11.8. The van der Waals surface area contributed by atoms with Crippen LogP contribution in [-0.2, 0) is 11.3 Å². The normalized spacial score (nSPS) is 11.5. The van der Waals surface area contributed by atoms with Crippen LogP contribution in [0.5, 0.6) is 0 Å². The highest BCUT2D eigenvalue weighted by Crippen LogP contribution is 2.09. The molecule has 24 heavy (non-hydrogen) atoms. The van der Waals surface area contributed by atoms with Gasteiger partial charge in [-0.25, -0.2) is 10.1 Å². The molecule has 0 saturated carbocycles. The molecule has 6 heteroatoms. The van der Waals surface area contributed by atoms with Crippen molar-refractivity contribution in [3.05, 3.63) is 66.2 Å². The number of hydrazone groups is 1. The van der Waals surface area contributed by atoms with Crippen molar-refractivity contribution < 1.29 is 4.79 Å². The van der Waals surface area contributed by atoms with Crippen molar-refractivity contribution in [1.82, 2.24) is 20.4 Å². The van der Waals surface area contributed by atoms with E-state index in [0.717, 1.165) is 16.6 Å². The number of hydrogen-bond acceptors (Lipinski definition) is 4. The average Bonchev–Trinajstić information content (AvgIpc) is 3.04. The Bertz CT molecular complexity index is 867. The van der Waals surface area contributed by atoms with Gasteiger partial charge in [0.2, 0.25) is 5.91 Å². The molecule has 0 bridgehead atoms. The number of carbonyl (C=O) groups excluding carboxylic acids is 1. The van der Waals surface area contributed by atoms with Crippen molar-refractivity contribution in [3.63, 3.8) is 0 Å². The van der Waals surface area contributed by atoms with Crippen LogP contribution in [-0.4, -0.2) is 27.1 Å². The fourth-order valence-corrected chi connectivity index (χ4v) is 2.22. The molecule has 1 amide bonds. The van der Waals surface area contributed by atoms with E-state index in [1.807, 2.05) is 60.7 Å². The number of allylic oxidation sites excluding steroid dienone is 1. The Kier molecular flexibility index (Phi) is 5.09. The second kappa shape index (κ2) is 7.82. The number of amides is 1. The van der Waals surface area contributed by atoms with Gasteiger partial charge in [-0.2, -0.15) is 5.10 Å². The molecule has 0 fully saturated rings. The first-order valence-corrected chi connectivity index (χ1v) is 7.65. The van der Waals surface area contributed by atoms with Crippen LogP contribution in [0.25, 0.3) is 17.1 Å². The van der Waals surface area contributed by atoms with Crippen LogP contribution in [0.15, 0.2) is 65.8 Å². The molecule has 0 radical (unpaired) electrons. The fourth-order valence-electron chi connectivity index (χ4n) is 2.22. The molecular formula is C18H17N5O. The number of aryl methyl sites for hydroxylation is 1. The second-order valence-electron chi connectivity index (χ2n) is 5.13. The standard InChI is InChI=1S/C18H17N5O/c24-18(21-19-13-6-9-15-7-2-1-3-8-15)12-14-23-17-11-5-4-10-16(17)20-22-23/h1-11,13H,12,14H2,(H,21,24)/b9-6+,19-13-. The molecule has 0 aliphatic heterocycles. The molecule has 1 N–H and O–H groups in total. The van der Waals surface area contributed by atoms with Crippen molar-refractivity contribution in [2.75, 3.05) is 0 Å². The van der Waals surface area contributed by atoms with Gasteiger partial charge in [0, 0.05) is 12.6 Å². The van der Waals surface area contributed by atoms with Gasteiger partial charge < -0.3 is 0 Å². The molecule has 1 heterocycles. The maximum atomic E-state index is 11.8. The van der Waals surface area contributed by atoms with Crippen LogP contribution >= 0.6 is 0 Å². The zero-order valence-corrected chi connectivity index (χ0v) is 13.0. The third-order valence-corrected chi connectivity index (χ3v) is 3.41. The minimum atomic E-state index is -0.168. The lowest BCUT2D eigenvalue weighted by atomic mass is 10.2. The summed E-state index contributed by atoms with van der Waals surface area (Å²) in [4.78, 5) is 11.8. The number of carbonyl (C=O) groups is 1. The number of aromatic nitrogens is 3. The number of hydrogen-bond donors (Lipinski definition) is 1. The van der Waals surface area contributed by atoms with Gasteiger partial charge in [0.1, 0.15) is 5.52 Å². The predicted octanol–water partition coefficient (Wildman–Crippen LogP) is 2.64. The van der Waals surface area contributed by atoms with Gasteiger partial charge in [-0.1, -0.05) is 53.8 Å². The highest BCUT2D eigenvalue weighted by molar-refractivity contribution is 5.81. The Balaban J connectivity index is 1.46. The summed E-state index contributed by atoms with van der Waals surface area (Å²) in [6, 6.07) is 17.5. The van der Waals surface area contributed by atoms with Crippen LogP contribution in [0.4, 0.5) is 0 Å². The molecule has 6 nitrogen and oxygen atoms in total. The van der Waals surface area contributed by atoms with E-state index in [1.165, 1.54) is 0 Å². The zero-order valence-electron chi connectivity index (χ0n) is 13.0. The smallest absolute Gasteiger partial charge is 0.241 e. The summed E-state index contributed by atoms with van der Waals surface area (Å²) in [5.41, 5.74) is 5.31. The molecule has 2 aromatic carbocycles. The quantitative estimate of drug-likeness (QED) is 0.561. The van der Waals surface area contributed by atoms with Crippen LogP contribution in [0.2, 0.25) is 0 Å². The Hall–Kier alpha value is -3.28. The molecule has 0 spiro atoms. The summed E-state index contributed by atoms with van der Waals surface area (Å²) in [5.74, 6) is -0.168. The SMILES string of the molecule is O=C(CCn1nnc2ccccc21)N/N=C\C=C\c1ccccc1. The van der Waals surface area contributed by atoms with Crippen LogP contribution in [0, 0.1) is 0 Å². The molecule has 0 atom stereocenters. The summed E-state index contributed by atoms with van der Waals surface area (Å²) in [7, 11) is 0. The van der Waals surface area contributed by atoms with Crippen molar-refractivity contribution in [2.24, 2.45) is 5.10 Å². The molecule has 3 rings (SSSR count). The molecule has 0 aliphatic rings. The lowest BCUT2D eigenvalue weighted by Gasteiger charge is -2.01. The van der Waals surface area contributed by atoms with E-state index in [2.05, 4.69) is 20.8 Å². The average molecular weight is 319 g/mol. The van der Waals surface area contributed by atoms with Crippen molar-refractivity contribution in [2.45, 2.75) is 13.0 Å². The summed E-state index contributed by atoms with van der Waals surface area (Å²) in [6.07, 6.45) is 5.53. The van der Waals surface area contributed by atoms with Crippen molar-refractivity contribution in [3.8, 4) is 0 Å². The third-order valence-electron chi connectivity index (χ3n) is 3.41. The van der Waals surface area contributed by atoms with E-state index >= 15 is 0 Å². The van der Waals surface area contributed by atoms with E-state index in [1.54, 1.807) is 17.0 Å². The molecule has 0 saturated heterocycles. The molecular weight excluding hydrogens is 302 g/mol. The number of para-hydroxylation sites is 1. The van der Waals surface area contributed by atoms with Crippen LogP contribution in [0.3, 0.4) is 0 Å². The summed E-state index contributed by atoms with van der Waals surface area (Å²) in [6.45, 7) is 0.460. The van der Waals surface area contributed by atoms with Crippen molar-refractivity contribution in [1.29, 1.82) is 0 Å². The Labute approximate surface area is 139 Å². The third kappa shape index (κ3) is 4.13. The number of fused-ring (bicyclic) bond motifs is 1. The van der Waals surface area contributed by atoms with Gasteiger partial charge in [0.15, 0.2) is 0 Å². The summed E-state index contributed by atoms with van der Waals surface area (Å²) < 4.78 is 1.72. The number of rotatable bonds is 6. The first-order valence-electron chi connectivity index (χ1n) is 7.65. The minimum Gasteiger partial charge on any atom is -0.273 e. The number of nitrogens with zero attached hydrogens (tertiary/aromatic N) is 4. The molecule has 0 unspecified atom stereocenters. The highest BCUT2D eigenvalue weighted by atomic mass is 16.2. The summed E-state index contributed by atoms with van der Waals surface area (Å²) >= 11 is 0. The Morgan fingerprint density at radius 1 is 1.12 bits per heavy atom. The molecule has 3 aromatic rings. The zero-order chi connectivity index (χ0) is 16.6. The molecule has 0 aliphatic carbocycles. The van der Waals surface area contributed by atoms with Gasteiger partial charge in [-0.05, 0) is 23.8 Å². The highest BCUT2D eigenvalue weighted by Gasteiger charge is 2.05. The van der Waals surface area contributed by atoms with E-state index in [4.69, 9.17) is 0 Å². The first kappa shape index (κ1) is 15.6.